The highest BCUT2D eigenvalue weighted by Gasteiger charge is 2.46. The van der Waals surface area contributed by atoms with E-state index in [-0.39, 0.29) is 0 Å². The molecule has 10 heteroatoms. The van der Waals surface area contributed by atoms with Crippen LogP contribution in [0.5, 0.6) is 0 Å². The van der Waals surface area contributed by atoms with Crippen molar-refractivity contribution in [2.45, 2.75) is 58.3 Å². The van der Waals surface area contributed by atoms with Crippen molar-refractivity contribution < 1.29 is 47.7 Å². The first-order chi connectivity index (χ1) is 19.1. The predicted molar refractivity (Wildman–Crippen MR) is 150 cm³/mol. The zero-order chi connectivity index (χ0) is 31.7. The molecular formula is C31H40O10. The molecule has 0 saturated heterocycles. The Balaban J connectivity index is 0.000000422. The second-order valence-corrected chi connectivity index (χ2v) is 9.83. The fraction of sp³-hybridized carbons (Fsp3) is 0.452. The molecule has 224 valence electrons. The van der Waals surface area contributed by atoms with Gasteiger partial charge < -0.3 is 23.7 Å². The Morgan fingerprint density at radius 2 is 0.927 bits per heavy atom. The summed E-state index contributed by atoms with van der Waals surface area (Å²) in [6.07, 6.45) is 0. The Morgan fingerprint density at radius 3 is 1.27 bits per heavy atom. The third-order valence-electron chi connectivity index (χ3n) is 7.34. The van der Waals surface area contributed by atoms with Crippen LogP contribution in [0.25, 0.3) is 0 Å². The van der Waals surface area contributed by atoms with Gasteiger partial charge in [-0.05, 0) is 74.9 Å². The summed E-state index contributed by atoms with van der Waals surface area (Å²) in [7, 11) is 6.23. The lowest BCUT2D eigenvalue weighted by molar-refractivity contribution is -0.162. The second kappa shape index (κ2) is 14.4. The summed E-state index contributed by atoms with van der Waals surface area (Å²) in [5.74, 6) is -3.65. The van der Waals surface area contributed by atoms with Crippen LogP contribution in [0.2, 0.25) is 0 Å². The molecule has 0 spiro atoms. The molecule has 2 rings (SSSR count). The minimum absolute atomic E-state index is 0.396. The number of hydrogen-bond acceptors (Lipinski definition) is 10. The van der Waals surface area contributed by atoms with Gasteiger partial charge in [-0.15, -0.1) is 0 Å². The molecule has 2 aromatic rings. The molecular weight excluding hydrogens is 532 g/mol. The van der Waals surface area contributed by atoms with Crippen LogP contribution in [-0.4, -0.2) is 65.4 Å². The lowest BCUT2D eigenvalue weighted by Gasteiger charge is -2.25. The van der Waals surface area contributed by atoms with Crippen LogP contribution in [0.15, 0.2) is 36.4 Å². The number of carbonyl (C=O) groups excluding carboxylic acids is 5. The maximum absolute atomic E-state index is 12.2. The molecule has 2 aromatic carbocycles. The Hall–Kier alpha value is -4.21. The first kappa shape index (κ1) is 34.8. The molecule has 0 aliphatic rings. The first-order valence-electron chi connectivity index (χ1n) is 12.7. The van der Waals surface area contributed by atoms with Crippen LogP contribution >= 0.6 is 0 Å². The van der Waals surface area contributed by atoms with Crippen molar-refractivity contribution in [2.24, 2.45) is 0 Å². The highest BCUT2D eigenvalue weighted by molar-refractivity contribution is 6.06. The van der Waals surface area contributed by atoms with Gasteiger partial charge >= 0.3 is 29.8 Å². The zero-order valence-corrected chi connectivity index (χ0v) is 25.6. The van der Waals surface area contributed by atoms with E-state index in [9.17, 15) is 24.0 Å². The number of ether oxygens (including phenoxy) is 5. The predicted octanol–water partition coefficient (Wildman–Crippen LogP) is 3.78. The van der Waals surface area contributed by atoms with Crippen molar-refractivity contribution in [3.8, 4) is 0 Å². The van der Waals surface area contributed by atoms with Gasteiger partial charge in [0.05, 0.1) is 41.5 Å². The summed E-state index contributed by atoms with van der Waals surface area (Å²) in [4.78, 5) is 60.0. The van der Waals surface area contributed by atoms with E-state index in [1.165, 1.54) is 49.4 Å². The Labute approximate surface area is 241 Å². The van der Waals surface area contributed by atoms with Crippen LogP contribution in [-0.2, 0) is 58.5 Å². The second-order valence-electron chi connectivity index (χ2n) is 9.83. The molecule has 0 aromatic heterocycles. The molecule has 1 unspecified atom stereocenters. The molecule has 0 N–H and O–H groups in total. The summed E-state index contributed by atoms with van der Waals surface area (Å²) in [6, 6.07) is 10.5. The molecule has 0 saturated carbocycles. The largest absolute Gasteiger partial charge is 0.469 e. The number of hydrogen-bond donors (Lipinski definition) is 0. The van der Waals surface area contributed by atoms with Crippen molar-refractivity contribution in [1.29, 1.82) is 0 Å². The molecule has 1 atom stereocenters. The van der Waals surface area contributed by atoms with E-state index in [0.717, 1.165) is 16.7 Å². The SMILES string of the molecule is COC(=O)C(C)(C(=O)OC)c1ccc(C)c(C)c1.COC(=O)C(C)c1cc(C(C)(C(=O)OC)C(=O)OC)ccc1C. The molecule has 0 fully saturated rings. The van der Waals surface area contributed by atoms with Crippen molar-refractivity contribution in [3.05, 3.63) is 69.8 Å². The lowest BCUT2D eigenvalue weighted by atomic mass is 9.80. The molecule has 0 heterocycles. The van der Waals surface area contributed by atoms with Gasteiger partial charge in [-0.1, -0.05) is 36.4 Å². The lowest BCUT2D eigenvalue weighted by Crippen LogP contribution is -2.42. The standard InChI is InChI=1S/C17H22O6.C14H18O4/c1-10-7-8-12(9-13(10)11(2)14(18)21-4)17(3,15(19)22-5)16(20)23-6;1-9-6-7-11(8-10(9)2)14(3,12(15)17-4)13(16)18-5/h7-9,11H,1-6H3;6-8H,1-5H3. The van der Waals surface area contributed by atoms with Gasteiger partial charge in [0.2, 0.25) is 0 Å². The number of benzene rings is 2. The number of carbonyl (C=O) groups is 5. The van der Waals surface area contributed by atoms with E-state index < -0.39 is 46.6 Å². The van der Waals surface area contributed by atoms with Gasteiger partial charge in [-0.2, -0.15) is 0 Å². The summed E-state index contributed by atoms with van der Waals surface area (Å²) >= 11 is 0. The number of methoxy groups -OCH3 is 5. The average Bonchev–Trinajstić information content (AvgIpc) is 2.99. The summed E-state index contributed by atoms with van der Waals surface area (Å²) in [6.45, 7) is 10.4. The normalized spacial score (nSPS) is 11.7. The van der Waals surface area contributed by atoms with Gasteiger partial charge in [0.1, 0.15) is 0 Å². The van der Waals surface area contributed by atoms with Crippen LogP contribution < -0.4 is 0 Å². The first-order valence-corrected chi connectivity index (χ1v) is 12.7. The minimum Gasteiger partial charge on any atom is -0.469 e. The Bertz CT molecular complexity index is 1260. The van der Waals surface area contributed by atoms with Gasteiger partial charge in [0, 0.05) is 0 Å². The van der Waals surface area contributed by atoms with Crippen molar-refractivity contribution in [1.82, 2.24) is 0 Å². The fourth-order valence-corrected chi connectivity index (χ4v) is 4.23. The highest BCUT2D eigenvalue weighted by Crippen LogP contribution is 2.32. The molecule has 0 bridgehead atoms. The zero-order valence-electron chi connectivity index (χ0n) is 25.6. The van der Waals surface area contributed by atoms with Crippen molar-refractivity contribution in [3.63, 3.8) is 0 Å². The minimum atomic E-state index is -1.61. The van der Waals surface area contributed by atoms with Crippen LogP contribution in [0.1, 0.15) is 60.1 Å². The van der Waals surface area contributed by atoms with E-state index in [4.69, 9.17) is 23.7 Å². The van der Waals surface area contributed by atoms with E-state index >= 15 is 0 Å². The Kier molecular flexibility index (Phi) is 12.3. The van der Waals surface area contributed by atoms with Gasteiger partial charge in [0.15, 0.2) is 10.8 Å². The fourth-order valence-electron chi connectivity index (χ4n) is 4.23. The monoisotopic (exact) mass is 572 g/mol. The third-order valence-corrected chi connectivity index (χ3v) is 7.34. The maximum Gasteiger partial charge on any atom is 0.327 e. The summed E-state index contributed by atoms with van der Waals surface area (Å²) in [5.41, 5.74) is 1.56. The smallest absolute Gasteiger partial charge is 0.327 e. The molecule has 0 aliphatic heterocycles. The molecule has 41 heavy (non-hydrogen) atoms. The molecule has 10 nitrogen and oxygen atoms in total. The molecule has 0 amide bonds. The molecule has 0 aliphatic carbocycles. The van der Waals surface area contributed by atoms with Gasteiger partial charge in [-0.3, -0.25) is 24.0 Å². The Morgan fingerprint density at radius 1 is 0.561 bits per heavy atom. The number of rotatable bonds is 8. The van der Waals surface area contributed by atoms with E-state index in [1.807, 2.05) is 32.9 Å². The van der Waals surface area contributed by atoms with Gasteiger partial charge in [-0.25, -0.2) is 0 Å². The molecule has 0 radical (unpaired) electrons. The highest BCUT2D eigenvalue weighted by atomic mass is 16.6. The maximum atomic E-state index is 12.2. The summed E-state index contributed by atoms with van der Waals surface area (Å²) in [5, 5.41) is 0. The average molecular weight is 573 g/mol. The summed E-state index contributed by atoms with van der Waals surface area (Å²) < 4.78 is 23.7. The number of aryl methyl sites for hydroxylation is 3. The quantitative estimate of drug-likeness (QED) is 0.262. The topological polar surface area (TPSA) is 132 Å². The van der Waals surface area contributed by atoms with Gasteiger partial charge in [0.25, 0.3) is 0 Å². The van der Waals surface area contributed by atoms with E-state index in [0.29, 0.717) is 16.7 Å². The van der Waals surface area contributed by atoms with Crippen LogP contribution in [0.3, 0.4) is 0 Å². The van der Waals surface area contributed by atoms with Crippen LogP contribution in [0.4, 0.5) is 0 Å². The van der Waals surface area contributed by atoms with Crippen molar-refractivity contribution in [2.75, 3.05) is 35.5 Å². The third kappa shape index (κ3) is 7.11. The van der Waals surface area contributed by atoms with E-state index in [1.54, 1.807) is 31.2 Å². The van der Waals surface area contributed by atoms with Crippen LogP contribution in [0, 0.1) is 20.8 Å². The van der Waals surface area contributed by atoms with E-state index in [2.05, 4.69) is 0 Å². The number of esters is 5. The van der Waals surface area contributed by atoms with Crippen molar-refractivity contribution >= 4 is 29.8 Å².